The number of nitrogens with zero attached hydrogens (tertiary/aromatic N) is 4. The second kappa shape index (κ2) is 7.67. The van der Waals surface area contributed by atoms with E-state index < -0.39 is 6.09 Å². The van der Waals surface area contributed by atoms with Gasteiger partial charge in [-0.15, -0.1) is 10.2 Å². The molecule has 4 rings (SSSR count). The summed E-state index contributed by atoms with van der Waals surface area (Å²) in [5.74, 6) is 2.32. The van der Waals surface area contributed by atoms with E-state index in [1.54, 1.807) is 6.20 Å². The number of para-hydroxylation sites is 1. The predicted molar refractivity (Wildman–Crippen MR) is 103 cm³/mol. The number of hydrogen-bond acceptors (Lipinski definition) is 5. The van der Waals surface area contributed by atoms with Crippen LogP contribution in [-0.2, 0) is 0 Å². The highest BCUT2D eigenvalue weighted by Crippen LogP contribution is 2.38. The van der Waals surface area contributed by atoms with E-state index in [-0.39, 0.29) is 12.0 Å². The SMILES string of the molecule is CCOc1ccc(-c2nnc(C3CC(NC(=O)O)C3)n2-c2ccccc2)nc1. The highest BCUT2D eigenvalue weighted by molar-refractivity contribution is 5.65. The van der Waals surface area contributed by atoms with Gasteiger partial charge in [-0.05, 0) is 44.0 Å². The van der Waals surface area contributed by atoms with Gasteiger partial charge in [0.1, 0.15) is 17.3 Å². The van der Waals surface area contributed by atoms with Gasteiger partial charge >= 0.3 is 6.09 Å². The van der Waals surface area contributed by atoms with Gasteiger partial charge in [0.2, 0.25) is 0 Å². The van der Waals surface area contributed by atoms with Crippen molar-refractivity contribution in [3.8, 4) is 23.0 Å². The molecule has 1 fully saturated rings. The Bertz CT molecular complexity index is 950. The van der Waals surface area contributed by atoms with Crippen LogP contribution in [0.2, 0.25) is 0 Å². The predicted octanol–water partition coefficient (Wildman–Crippen LogP) is 3.24. The maximum atomic E-state index is 10.8. The second-order valence-corrected chi connectivity index (χ2v) is 6.68. The summed E-state index contributed by atoms with van der Waals surface area (Å²) < 4.78 is 7.47. The number of benzene rings is 1. The van der Waals surface area contributed by atoms with Crippen LogP contribution in [0.5, 0.6) is 5.75 Å². The molecule has 0 atom stereocenters. The van der Waals surface area contributed by atoms with Gasteiger partial charge in [0, 0.05) is 17.6 Å². The minimum atomic E-state index is -0.993. The van der Waals surface area contributed by atoms with Gasteiger partial charge < -0.3 is 15.2 Å². The van der Waals surface area contributed by atoms with Crippen molar-refractivity contribution in [3.63, 3.8) is 0 Å². The topological polar surface area (TPSA) is 102 Å². The Kier molecular flexibility index (Phi) is 4.92. The summed E-state index contributed by atoms with van der Waals surface area (Å²) >= 11 is 0. The van der Waals surface area contributed by atoms with Crippen molar-refractivity contribution in [2.75, 3.05) is 6.61 Å². The van der Waals surface area contributed by atoms with Crippen LogP contribution in [0.25, 0.3) is 17.2 Å². The van der Waals surface area contributed by atoms with Gasteiger partial charge in [0.15, 0.2) is 5.82 Å². The van der Waals surface area contributed by atoms with E-state index in [0.717, 1.165) is 11.5 Å². The van der Waals surface area contributed by atoms with Gasteiger partial charge in [0.25, 0.3) is 0 Å². The van der Waals surface area contributed by atoms with Crippen LogP contribution in [0.3, 0.4) is 0 Å². The normalized spacial score (nSPS) is 18.3. The van der Waals surface area contributed by atoms with E-state index >= 15 is 0 Å². The number of aromatic nitrogens is 4. The van der Waals surface area contributed by atoms with Crippen LogP contribution >= 0.6 is 0 Å². The first kappa shape index (κ1) is 18.0. The average Bonchev–Trinajstić information content (AvgIpc) is 3.10. The number of pyridine rings is 1. The summed E-state index contributed by atoms with van der Waals surface area (Å²) in [6.45, 7) is 2.51. The fraction of sp³-hybridized carbons (Fsp3) is 0.300. The van der Waals surface area contributed by atoms with E-state index in [4.69, 9.17) is 9.84 Å². The molecule has 0 radical (unpaired) electrons. The largest absolute Gasteiger partial charge is 0.492 e. The van der Waals surface area contributed by atoms with Crippen LogP contribution in [0.4, 0.5) is 4.79 Å². The molecule has 28 heavy (non-hydrogen) atoms. The molecule has 1 amide bonds. The Morgan fingerprint density at radius 1 is 1.21 bits per heavy atom. The number of ether oxygens (including phenoxy) is 1. The van der Waals surface area contributed by atoms with Crippen molar-refractivity contribution in [1.29, 1.82) is 0 Å². The van der Waals surface area contributed by atoms with Crippen molar-refractivity contribution in [3.05, 3.63) is 54.5 Å². The number of carbonyl (C=O) groups is 1. The first-order valence-electron chi connectivity index (χ1n) is 9.25. The molecule has 0 bridgehead atoms. The minimum absolute atomic E-state index is 0.0459. The van der Waals surface area contributed by atoms with Crippen molar-refractivity contribution in [2.24, 2.45) is 0 Å². The lowest BCUT2D eigenvalue weighted by Crippen LogP contribution is -2.43. The summed E-state index contributed by atoms with van der Waals surface area (Å²) in [6.07, 6.45) is 2.09. The molecule has 3 aromatic rings. The average molecular weight is 379 g/mol. The third-order valence-corrected chi connectivity index (χ3v) is 4.81. The molecule has 2 heterocycles. The van der Waals surface area contributed by atoms with Gasteiger partial charge in [-0.1, -0.05) is 18.2 Å². The number of carboxylic acid groups (broad SMARTS) is 1. The molecule has 0 spiro atoms. The Balaban J connectivity index is 1.68. The van der Waals surface area contributed by atoms with Crippen LogP contribution in [0.1, 0.15) is 31.5 Å². The molecule has 8 heteroatoms. The van der Waals surface area contributed by atoms with Crippen LogP contribution in [0.15, 0.2) is 48.7 Å². The fourth-order valence-corrected chi connectivity index (χ4v) is 3.44. The van der Waals surface area contributed by atoms with E-state index in [1.165, 1.54) is 0 Å². The molecule has 2 N–H and O–H groups in total. The van der Waals surface area contributed by atoms with Crippen LogP contribution in [0, 0.1) is 0 Å². The van der Waals surface area contributed by atoms with Crippen molar-refractivity contribution >= 4 is 6.09 Å². The molecule has 1 aliphatic rings. The van der Waals surface area contributed by atoms with E-state index in [1.807, 2.05) is 54.0 Å². The molecule has 1 saturated carbocycles. The standard InChI is InChI=1S/C20H21N5O3/c1-2-28-16-8-9-17(21-12-16)19-24-23-18(13-10-14(11-13)22-20(26)27)25(19)15-6-4-3-5-7-15/h3-9,12-14,22H,2,10-11H2,1H3,(H,26,27). The first-order valence-corrected chi connectivity index (χ1v) is 9.25. The Hall–Kier alpha value is -3.42. The molecule has 1 aromatic carbocycles. The summed E-state index contributed by atoms with van der Waals surface area (Å²) in [4.78, 5) is 15.3. The van der Waals surface area contributed by atoms with Gasteiger partial charge in [-0.25, -0.2) is 9.78 Å². The number of nitrogens with one attached hydrogen (secondary N) is 1. The molecule has 2 aromatic heterocycles. The smallest absolute Gasteiger partial charge is 0.404 e. The molecule has 0 saturated heterocycles. The minimum Gasteiger partial charge on any atom is -0.492 e. The molecule has 8 nitrogen and oxygen atoms in total. The summed E-state index contributed by atoms with van der Waals surface area (Å²) in [5, 5.41) is 20.2. The molecule has 0 aliphatic heterocycles. The second-order valence-electron chi connectivity index (χ2n) is 6.68. The summed E-state index contributed by atoms with van der Waals surface area (Å²) in [6, 6.07) is 13.6. The maximum Gasteiger partial charge on any atom is 0.404 e. The molecule has 1 aliphatic carbocycles. The quantitative estimate of drug-likeness (QED) is 0.682. The van der Waals surface area contributed by atoms with Gasteiger partial charge in [-0.3, -0.25) is 4.57 Å². The number of rotatable bonds is 6. The lowest BCUT2D eigenvalue weighted by atomic mass is 9.79. The fourth-order valence-electron chi connectivity index (χ4n) is 3.44. The summed E-state index contributed by atoms with van der Waals surface area (Å²) in [5.41, 5.74) is 1.65. The highest BCUT2D eigenvalue weighted by atomic mass is 16.5. The zero-order chi connectivity index (χ0) is 19.5. The maximum absolute atomic E-state index is 10.8. The van der Waals surface area contributed by atoms with E-state index in [0.29, 0.717) is 36.7 Å². The molecule has 144 valence electrons. The monoisotopic (exact) mass is 379 g/mol. The van der Waals surface area contributed by atoms with E-state index in [2.05, 4.69) is 20.5 Å². The Labute approximate surface area is 162 Å². The van der Waals surface area contributed by atoms with Crippen LogP contribution in [-0.4, -0.2) is 43.6 Å². The van der Waals surface area contributed by atoms with Crippen molar-refractivity contribution < 1.29 is 14.6 Å². The lowest BCUT2D eigenvalue weighted by molar-refractivity contribution is 0.176. The third kappa shape index (κ3) is 3.53. The van der Waals surface area contributed by atoms with Gasteiger partial charge in [-0.2, -0.15) is 0 Å². The zero-order valence-electron chi connectivity index (χ0n) is 15.4. The first-order chi connectivity index (χ1) is 13.7. The number of amides is 1. The molecular formula is C20H21N5O3. The third-order valence-electron chi connectivity index (χ3n) is 4.81. The van der Waals surface area contributed by atoms with Crippen LogP contribution < -0.4 is 10.1 Å². The highest BCUT2D eigenvalue weighted by Gasteiger charge is 2.36. The lowest BCUT2D eigenvalue weighted by Gasteiger charge is -2.34. The molecule has 0 unspecified atom stereocenters. The Morgan fingerprint density at radius 3 is 2.64 bits per heavy atom. The van der Waals surface area contributed by atoms with E-state index in [9.17, 15) is 4.79 Å². The van der Waals surface area contributed by atoms with Gasteiger partial charge in [0.05, 0.1) is 12.8 Å². The molecular weight excluding hydrogens is 358 g/mol. The summed E-state index contributed by atoms with van der Waals surface area (Å²) in [7, 11) is 0. The zero-order valence-corrected chi connectivity index (χ0v) is 15.4. The Morgan fingerprint density at radius 2 is 2.00 bits per heavy atom. The van der Waals surface area contributed by atoms with Crippen molar-refractivity contribution in [2.45, 2.75) is 31.7 Å². The number of hydrogen-bond donors (Lipinski definition) is 2. The van der Waals surface area contributed by atoms with Crippen molar-refractivity contribution in [1.82, 2.24) is 25.1 Å².